The Balaban J connectivity index is 2.18. The van der Waals surface area contributed by atoms with E-state index in [4.69, 9.17) is 0 Å². The molecule has 1 aliphatic rings. The minimum Gasteiger partial charge on any atom is -0.258 e. The van der Waals surface area contributed by atoms with Crippen molar-refractivity contribution in [3.8, 4) is 11.1 Å². The number of fused-ring (bicyclic) bond motifs is 3. The number of rotatable bonds is 2. The summed E-state index contributed by atoms with van der Waals surface area (Å²) in [5.74, 6) is 0. The van der Waals surface area contributed by atoms with Crippen LogP contribution in [0.3, 0.4) is 0 Å². The molecular weight excluding hydrogens is 328 g/mol. The summed E-state index contributed by atoms with van der Waals surface area (Å²) >= 11 is 3.46. The van der Waals surface area contributed by atoms with Crippen molar-refractivity contribution < 1.29 is 9.85 Å². The lowest BCUT2D eigenvalue weighted by atomic mass is 10.1. The highest BCUT2D eigenvalue weighted by atomic mass is 79.9. The normalized spacial score (nSPS) is 12.8. The summed E-state index contributed by atoms with van der Waals surface area (Å²) in [4.78, 5) is 20.5. The van der Waals surface area contributed by atoms with E-state index in [0.717, 1.165) is 22.3 Å². The lowest BCUT2D eigenvalue weighted by Crippen LogP contribution is -1.92. The standard InChI is InChI=1S/C13H7BrN2O4/c14-13-11-5-7(15(17)18)1-3-9(11)10-4-2-8(16(19)20)6-12(10)13/h1-6,13H. The Morgan fingerprint density at radius 1 is 0.850 bits per heavy atom. The van der Waals surface area contributed by atoms with E-state index in [1.165, 1.54) is 24.3 Å². The van der Waals surface area contributed by atoms with Gasteiger partial charge in [-0.2, -0.15) is 0 Å². The topological polar surface area (TPSA) is 86.3 Å². The maximum atomic E-state index is 10.8. The van der Waals surface area contributed by atoms with Crippen molar-refractivity contribution in [2.75, 3.05) is 0 Å². The minimum absolute atomic E-state index is 0.00973. The van der Waals surface area contributed by atoms with Gasteiger partial charge in [0, 0.05) is 24.3 Å². The average Bonchev–Trinajstić information content (AvgIpc) is 2.71. The molecule has 0 amide bonds. The van der Waals surface area contributed by atoms with Crippen LogP contribution in [0.5, 0.6) is 0 Å². The third-order valence-corrected chi connectivity index (χ3v) is 4.31. The highest BCUT2D eigenvalue weighted by molar-refractivity contribution is 9.09. The molecule has 1 aliphatic carbocycles. The Bertz CT molecular complexity index is 697. The minimum atomic E-state index is -0.453. The Morgan fingerprint density at radius 2 is 1.25 bits per heavy atom. The first kappa shape index (κ1) is 12.7. The van der Waals surface area contributed by atoms with Gasteiger partial charge in [0.05, 0.1) is 14.7 Å². The van der Waals surface area contributed by atoms with E-state index in [1.54, 1.807) is 12.1 Å². The highest BCUT2D eigenvalue weighted by Crippen LogP contribution is 2.49. The predicted molar refractivity (Wildman–Crippen MR) is 76.0 cm³/mol. The van der Waals surface area contributed by atoms with Crippen molar-refractivity contribution in [3.05, 3.63) is 67.8 Å². The van der Waals surface area contributed by atoms with Crippen LogP contribution in [-0.2, 0) is 0 Å². The third kappa shape index (κ3) is 1.78. The second kappa shape index (κ2) is 4.38. The smallest absolute Gasteiger partial charge is 0.258 e. The van der Waals surface area contributed by atoms with Gasteiger partial charge >= 0.3 is 0 Å². The van der Waals surface area contributed by atoms with Crippen molar-refractivity contribution in [2.45, 2.75) is 4.83 Å². The number of benzene rings is 2. The number of hydrogen-bond donors (Lipinski definition) is 0. The number of non-ortho nitro benzene ring substituents is 2. The van der Waals surface area contributed by atoms with Crippen LogP contribution in [-0.4, -0.2) is 9.85 Å². The van der Waals surface area contributed by atoms with Crippen LogP contribution in [0.2, 0.25) is 0 Å². The lowest BCUT2D eigenvalue weighted by Gasteiger charge is -2.03. The summed E-state index contributed by atoms with van der Waals surface area (Å²) in [6.45, 7) is 0. The van der Waals surface area contributed by atoms with Gasteiger partial charge < -0.3 is 0 Å². The van der Waals surface area contributed by atoms with E-state index in [9.17, 15) is 20.2 Å². The monoisotopic (exact) mass is 334 g/mol. The van der Waals surface area contributed by atoms with E-state index in [-0.39, 0.29) is 16.2 Å². The van der Waals surface area contributed by atoms with Crippen LogP contribution >= 0.6 is 15.9 Å². The Kier molecular flexibility index (Phi) is 2.79. The fourth-order valence-corrected chi connectivity index (χ4v) is 3.16. The zero-order chi connectivity index (χ0) is 14.4. The van der Waals surface area contributed by atoms with Crippen LogP contribution in [0.1, 0.15) is 16.0 Å². The fraction of sp³-hybridized carbons (Fsp3) is 0.0769. The van der Waals surface area contributed by atoms with Gasteiger partial charge in [-0.15, -0.1) is 0 Å². The first-order valence-corrected chi connectivity index (χ1v) is 6.61. The van der Waals surface area contributed by atoms with Gasteiger partial charge in [-0.25, -0.2) is 0 Å². The molecule has 2 aromatic carbocycles. The molecule has 0 aromatic heterocycles. The SMILES string of the molecule is O=[N+]([O-])c1ccc2c(c1)C(Br)c1cc([N+](=O)[O-])ccc1-2. The van der Waals surface area contributed by atoms with Crippen molar-refractivity contribution in [1.82, 2.24) is 0 Å². The summed E-state index contributed by atoms with van der Waals surface area (Å²) in [6, 6.07) is 9.24. The number of nitrogens with zero attached hydrogens (tertiary/aromatic N) is 2. The summed E-state index contributed by atoms with van der Waals surface area (Å²) in [5.41, 5.74) is 3.26. The van der Waals surface area contributed by atoms with Crippen LogP contribution in [0.15, 0.2) is 36.4 Å². The van der Waals surface area contributed by atoms with E-state index < -0.39 is 9.85 Å². The van der Waals surface area contributed by atoms with Crippen molar-refractivity contribution in [3.63, 3.8) is 0 Å². The Morgan fingerprint density at radius 3 is 1.60 bits per heavy atom. The first-order valence-electron chi connectivity index (χ1n) is 5.70. The molecule has 0 unspecified atom stereocenters. The molecule has 0 saturated carbocycles. The van der Waals surface area contributed by atoms with Crippen molar-refractivity contribution >= 4 is 27.3 Å². The number of hydrogen-bond acceptors (Lipinski definition) is 4. The largest absolute Gasteiger partial charge is 0.269 e. The molecule has 0 spiro atoms. The predicted octanol–water partition coefficient (Wildman–Crippen LogP) is 3.97. The lowest BCUT2D eigenvalue weighted by molar-refractivity contribution is -0.385. The van der Waals surface area contributed by atoms with Gasteiger partial charge in [0.15, 0.2) is 0 Å². The molecule has 7 heteroatoms. The quantitative estimate of drug-likeness (QED) is 0.472. The van der Waals surface area contributed by atoms with E-state index in [2.05, 4.69) is 15.9 Å². The average molecular weight is 335 g/mol. The zero-order valence-corrected chi connectivity index (χ0v) is 11.5. The molecule has 6 nitrogen and oxygen atoms in total. The van der Waals surface area contributed by atoms with Gasteiger partial charge in [0.25, 0.3) is 11.4 Å². The summed E-state index contributed by atoms with van der Waals surface area (Å²) in [5, 5.41) is 21.6. The van der Waals surface area contributed by atoms with E-state index >= 15 is 0 Å². The van der Waals surface area contributed by atoms with Gasteiger partial charge in [0.2, 0.25) is 0 Å². The molecule has 0 fully saturated rings. The molecule has 0 radical (unpaired) electrons. The molecular formula is C13H7BrN2O4. The van der Waals surface area contributed by atoms with Crippen LogP contribution in [0, 0.1) is 20.2 Å². The van der Waals surface area contributed by atoms with Gasteiger partial charge in [-0.3, -0.25) is 20.2 Å². The number of nitro benzene ring substituents is 2. The molecule has 100 valence electrons. The summed E-state index contributed by atoms with van der Waals surface area (Å²) < 4.78 is 0. The molecule has 0 aliphatic heterocycles. The summed E-state index contributed by atoms with van der Waals surface area (Å²) in [6.07, 6.45) is 0. The van der Waals surface area contributed by atoms with Gasteiger partial charge in [-0.1, -0.05) is 15.9 Å². The molecule has 0 N–H and O–H groups in total. The second-order valence-corrected chi connectivity index (χ2v) is 5.34. The molecule has 0 bridgehead atoms. The van der Waals surface area contributed by atoms with Gasteiger partial charge in [-0.05, 0) is 34.4 Å². The molecule has 3 rings (SSSR count). The van der Waals surface area contributed by atoms with Gasteiger partial charge in [0.1, 0.15) is 0 Å². The molecule has 0 heterocycles. The van der Waals surface area contributed by atoms with Crippen molar-refractivity contribution in [2.24, 2.45) is 0 Å². The molecule has 0 atom stereocenters. The van der Waals surface area contributed by atoms with E-state index in [1.807, 2.05) is 0 Å². The molecule has 2 aromatic rings. The molecule has 20 heavy (non-hydrogen) atoms. The van der Waals surface area contributed by atoms with Crippen molar-refractivity contribution in [1.29, 1.82) is 0 Å². The van der Waals surface area contributed by atoms with E-state index in [0.29, 0.717) is 0 Å². The van der Waals surface area contributed by atoms with Crippen LogP contribution < -0.4 is 0 Å². The number of nitro groups is 2. The molecule has 0 saturated heterocycles. The number of halogens is 1. The zero-order valence-electron chi connectivity index (χ0n) is 9.95. The first-order chi connectivity index (χ1) is 9.49. The second-order valence-electron chi connectivity index (χ2n) is 4.42. The summed E-state index contributed by atoms with van der Waals surface area (Å²) in [7, 11) is 0. The maximum Gasteiger partial charge on any atom is 0.269 e. The maximum absolute atomic E-state index is 10.8. The van der Waals surface area contributed by atoms with Crippen LogP contribution in [0.25, 0.3) is 11.1 Å². The third-order valence-electron chi connectivity index (χ3n) is 3.33. The highest BCUT2D eigenvalue weighted by Gasteiger charge is 2.30. The van der Waals surface area contributed by atoms with Crippen LogP contribution in [0.4, 0.5) is 11.4 Å². The number of alkyl halides is 1. The Hall–Kier alpha value is -2.28. The Labute approximate surface area is 121 Å². The fourth-order valence-electron chi connectivity index (χ4n) is 2.40.